The molecule has 0 spiro atoms. The molecule has 2 N–H and O–H groups in total. The lowest BCUT2D eigenvalue weighted by molar-refractivity contribution is 0.0686. The Kier molecular flexibility index (Phi) is 5.94. The molecule has 1 rings (SSSR count). The smallest absolute Gasteiger partial charge is 0.352 e. The van der Waals surface area contributed by atoms with Crippen molar-refractivity contribution in [1.82, 2.24) is 14.2 Å². The first-order valence-corrected chi connectivity index (χ1v) is 8.34. The largest absolute Gasteiger partial charge is 0.477 e. The number of nitrogens with one attached hydrogen (secondary N) is 1. The van der Waals surface area contributed by atoms with Crippen molar-refractivity contribution >= 4 is 16.0 Å². The van der Waals surface area contributed by atoms with Gasteiger partial charge >= 0.3 is 5.97 Å². The summed E-state index contributed by atoms with van der Waals surface area (Å²) in [6, 6.07) is 1.23. The Morgan fingerprint density at radius 2 is 2.00 bits per heavy atom. The lowest BCUT2D eigenvalue weighted by Gasteiger charge is -2.26. The summed E-state index contributed by atoms with van der Waals surface area (Å²) in [5.74, 6) is -1.16. The topological polar surface area (TPSA) is 91.6 Å². The molecular weight excluding hydrogens is 294 g/mol. The summed E-state index contributed by atoms with van der Waals surface area (Å²) in [6.07, 6.45) is 1.30. The first-order chi connectivity index (χ1) is 9.72. The van der Waals surface area contributed by atoms with Crippen molar-refractivity contribution < 1.29 is 18.3 Å². The number of hydrogen-bond donors (Lipinski definition) is 2. The highest BCUT2D eigenvalue weighted by Gasteiger charge is 2.21. The summed E-state index contributed by atoms with van der Waals surface area (Å²) in [5.41, 5.74) is -0.0628. The average Bonchev–Trinajstić information content (AvgIpc) is 2.81. The van der Waals surface area contributed by atoms with Gasteiger partial charge in [-0.15, -0.1) is 0 Å². The van der Waals surface area contributed by atoms with E-state index in [1.807, 2.05) is 20.8 Å². The third kappa shape index (κ3) is 4.29. The SMILES string of the molecule is CCN(CC)C(C)CNS(=O)(=O)c1cc(C(=O)O)n(C)c1. The minimum Gasteiger partial charge on any atom is -0.477 e. The number of nitrogens with zero attached hydrogens (tertiary/aromatic N) is 2. The Morgan fingerprint density at radius 3 is 2.43 bits per heavy atom. The molecule has 8 heteroatoms. The Labute approximate surface area is 125 Å². The molecule has 0 amide bonds. The highest BCUT2D eigenvalue weighted by Crippen LogP contribution is 2.13. The second-order valence-corrected chi connectivity index (χ2v) is 6.67. The van der Waals surface area contributed by atoms with Crippen LogP contribution in [0.15, 0.2) is 17.2 Å². The van der Waals surface area contributed by atoms with Crippen LogP contribution in [0.5, 0.6) is 0 Å². The number of aromatic carboxylic acids is 1. The maximum absolute atomic E-state index is 12.2. The minimum absolute atomic E-state index is 0.0332. The number of carboxylic acids is 1. The van der Waals surface area contributed by atoms with Crippen molar-refractivity contribution in [2.24, 2.45) is 7.05 Å². The molecule has 0 saturated carbocycles. The molecule has 0 bridgehead atoms. The zero-order chi connectivity index (χ0) is 16.2. The van der Waals surface area contributed by atoms with Gasteiger partial charge in [-0.1, -0.05) is 13.8 Å². The Balaban J connectivity index is 2.83. The summed E-state index contributed by atoms with van der Waals surface area (Å²) < 4.78 is 28.2. The molecule has 0 fully saturated rings. The van der Waals surface area contributed by atoms with E-state index >= 15 is 0 Å². The molecular formula is C13H23N3O4S. The normalized spacial score (nSPS) is 13.6. The van der Waals surface area contributed by atoms with Crippen LogP contribution >= 0.6 is 0 Å². The van der Waals surface area contributed by atoms with Crippen LogP contribution in [0.2, 0.25) is 0 Å². The van der Waals surface area contributed by atoms with E-state index in [0.717, 1.165) is 19.2 Å². The lowest BCUT2D eigenvalue weighted by Crippen LogP contribution is -2.41. The van der Waals surface area contributed by atoms with Gasteiger partial charge in [0.2, 0.25) is 10.0 Å². The second kappa shape index (κ2) is 7.06. The number of carboxylic acid groups (broad SMARTS) is 1. The Morgan fingerprint density at radius 1 is 1.43 bits per heavy atom. The maximum atomic E-state index is 12.2. The van der Waals surface area contributed by atoms with Gasteiger partial charge in [0.25, 0.3) is 0 Å². The summed E-state index contributed by atoms with van der Waals surface area (Å²) in [6.45, 7) is 7.95. The van der Waals surface area contributed by atoms with E-state index in [2.05, 4.69) is 9.62 Å². The van der Waals surface area contributed by atoms with Gasteiger partial charge in [0.05, 0.1) is 0 Å². The van der Waals surface area contributed by atoms with Crippen LogP contribution in [-0.4, -0.2) is 54.6 Å². The summed E-state index contributed by atoms with van der Waals surface area (Å²) in [7, 11) is -2.20. The molecule has 0 aliphatic rings. The zero-order valence-corrected chi connectivity index (χ0v) is 13.6. The number of likely N-dealkylation sites (N-methyl/N-ethyl adjacent to an activating group) is 1. The monoisotopic (exact) mass is 317 g/mol. The highest BCUT2D eigenvalue weighted by atomic mass is 32.2. The molecule has 0 saturated heterocycles. The minimum atomic E-state index is -3.70. The van der Waals surface area contributed by atoms with E-state index in [1.54, 1.807) is 0 Å². The number of sulfonamides is 1. The first-order valence-electron chi connectivity index (χ1n) is 6.86. The van der Waals surface area contributed by atoms with E-state index in [-0.39, 0.29) is 23.2 Å². The maximum Gasteiger partial charge on any atom is 0.352 e. The van der Waals surface area contributed by atoms with Crippen LogP contribution in [0.1, 0.15) is 31.3 Å². The van der Waals surface area contributed by atoms with Crippen molar-refractivity contribution in [2.75, 3.05) is 19.6 Å². The van der Waals surface area contributed by atoms with Gasteiger partial charge in [-0.05, 0) is 26.1 Å². The van der Waals surface area contributed by atoms with E-state index < -0.39 is 16.0 Å². The fraction of sp³-hybridized carbons (Fsp3) is 0.615. The van der Waals surface area contributed by atoms with Crippen LogP contribution in [0.25, 0.3) is 0 Å². The van der Waals surface area contributed by atoms with E-state index in [9.17, 15) is 13.2 Å². The van der Waals surface area contributed by atoms with Crippen LogP contribution in [-0.2, 0) is 17.1 Å². The van der Waals surface area contributed by atoms with Gasteiger partial charge in [0, 0.05) is 25.8 Å². The zero-order valence-electron chi connectivity index (χ0n) is 12.8. The summed E-state index contributed by atoms with van der Waals surface area (Å²) in [4.78, 5) is 13.1. The Hall–Kier alpha value is -1.38. The number of aryl methyl sites for hydroxylation is 1. The third-order valence-electron chi connectivity index (χ3n) is 3.51. The van der Waals surface area contributed by atoms with E-state index in [0.29, 0.717) is 0 Å². The van der Waals surface area contributed by atoms with Crippen LogP contribution in [0, 0.1) is 0 Å². The fourth-order valence-corrected chi connectivity index (χ4v) is 3.37. The average molecular weight is 317 g/mol. The standard InChI is InChI=1S/C13H23N3O4S/c1-5-16(6-2)10(3)8-14-21(19,20)11-7-12(13(17)18)15(4)9-11/h7,9-10,14H,5-6,8H2,1-4H3,(H,17,18). The van der Waals surface area contributed by atoms with Gasteiger partial charge in [0.1, 0.15) is 10.6 Å². The van der Waals surface area contributed by atoms with Gasteiger partial charge < -0.3 is 9.67 Å². The van der Waals surface area contributed by atoms with E-state index in [4.69, 9.17) is 5.11 Å². The fourth-order valence-electron chi connectivity index (χ4n) is 2.18. The molecule has 120 valence electrons. The molecule has 0 aromatic carbocycles. The number of rotatable bonds is 8. The van der Waals surface area contributed by atoms with Gasteiger partial charge in [-0.3, -0.25) is 4.90 Å². The number of hydrogen-bond acceptors (Lipinski definition) is 4. The molecule has 0 aliphatic heterocycles. The predicted molar refractivity (Wildman–Crippen MR) is 79.9 cm³/mol. The third-order valence-corrected chi connectivity index (χ3v) is 4.90. The second-order valence-electron chi connectivity index (χ2n) is 4.90. The predicted octanol–water partition coefficient (Wildman–Crippen LogP) is 0.732. The van der Waals surface area contributed by atoms with Gasteiger partial charge in [0.15, 0.2) is 0 Å². The molecule has 1 aromatic rings. The summed E-state index contributed by atoms with van der Waals surface area (Å²) >= 11 is 0. The van der Waals surface area contributed by atoms with Gasteiger partial charge in [-0.25, -0.2) is 17.9 Å². The highest BCUT2D eigenvalue weighted by molar-refractivity contribution is 7.89. The molecule has 0 radical (unpaired) electrons. The van der Waals surface area contributed by atoms with Crippen LogP contribution in [0.3, 0.4) is 0 Å². The number of carbonyl (C=O) groups is 1. The van der Waals surface area contributed by atoms with Crippen molar-refractivity contribution in [3.05, 3.63) is 18.0 Å². The molecule has 1 heterocycles. The molecule has 7 nitrogen and oxygen atoms in total. The molecule has 1 atom stereocenters. The van der Waals surface area contributed by atoms with Crippen LogP contribution < -0.4 is 4.72 Å². The molecule has 21 heavy (non-hydrogen) atoms. The molecule has 1 unspecified atom stereocenters. The van der Waals surface area contributed by atoms with Crippen molar-refractivity contribution in [2.45, 2.75) is 31.7 Å². The summed E-state index contributed by atoms with van der Waals surface area (Å²) in [5, 5.41) is 8.96. The molecule has 0 aliphatic carbocycles. The van der Waals surface area contributed by atoms with E-state index in [1.165, 1.54) is 17.8 Å². The van der Waals surface area contributed by atoms with Crippen molar-refractivity contribution in [3.63, 3.8) is 0 Å². The Bertz CT molecular complexity index is 591. The number of aromatic nitrogens is 1. The molecule has 1 aromatic heterocycles. The lowest BCUT2D eigenvalue weighted by atomic mass is 10.3. The van der Waals surface area contributed by atoms with Gasteiger partial charge in [-0.2, -0.15) is 0 Å². The quantitative estimate of drug-likeness (QED) is 0.737. The van der Waals surface area contributed by atoms with Crippen molar-refractivity contribution in [3.8, 4) is 0 Å². The van der Waals surface area contributed by atoms with Crippen molar-refractivity contribution in [1.29, 1.82) is 0 Å². The first kappa shape index (κ1) is 17.7. The van der Waals surface area contributed by atoms with Crippen LogP contribution in [0.4, 0.5) is 0 Å².